The van der Waals surface area contributed by atoms with Gasteiger partial charge in [-0.15, -0.1) is 11.3 Å². The highest BCUT2D eigenvalue weighted by Gasteiger charge is 2.11. The lowest BCUT2D eigenvalue weighted by molar-refractivity contribution is -0.120. The summed E-state index contributed by atoms with van der Waals surface area (Å²) in [6.07, 6.45) is 4.17. The van der Waals surface area contributed by atoms with Crippen LogP contribution in [0.15, 0.2) is 60.1 Å². The first-order valence-corrected chi connectivity index (χ1v) is 10.5. The number of aromatic amines is 1. The van der Waals surface area contributed by atoms with E-state index in [0.717, 1.165) is 34.6 Å². The molecule has 0 aliphatic heterocycles. The Morgan fingerprint density at radius 3 is 2.86 bits per heavy atom. The van der Waals surface area contributed by atoms with Crippen molar-refractivity contribution in [1.82, 2.24) is 15.3 Å². The summed E-state index contributed by atoms with van der Waals surface area (Å²) in [7, 11) is 0. The van der Waals surface area contributed by atoms with E-state index in [1.165, 1.54) is 22.3 Å². The Balaban J connectivity index is 1.27. The lowest BCUT2D eigenvalue weighted by Crippen LogP contribution is -2.26. The molecule has 0 aliphatic rings. The molecular weight excluding hydrogens is 390 g/mol. The molecule has 0 saturated heterocycles. The number of carbonyl (C=O) groups is 1. The van der Waals surface area contributed by atoms with Crippen molar-refractivity contribution in [1.29, 1.82) is 0 Å². The number of carbonyl (C=O) groups excluding carboxylic acids is 1. The first kappa shape index (κ1) is 18.7. The van der Waals surface area contributed by atoms with Gasteiger partial charge in [-0.1, -0.05) is 48.0 Å². The second-order valence-electron chi connectivity index (χ2n) is 6.61. The molecule has 1 amide bonds. The summed E-state index contributed by atoms with van der Waals surface area (Å²) >= 11 is 7.73. The number of rotatable bonds is 7. The third-order valence-electron chi connectivity index (χ3n) is 4.62. The van der Waals surface area contributed by atoms with Gasteiger partial charge in [-0.2, -0.15) is 0 Å². The first-order chi connectivity index (χ1) is 13.7. The number of amides is 1. The van der Waals surface area contributed by atoms with E-state index >= 15 is 0 Å². The molecule has 4 nitrogen and oxygen atoms in total. The van der Waals surface area contributed by atoms with E-state index in [1.807, 2.05) is 41.8 Å². The number of para-hydroxylation sites is 1. The topological polar surface area (TPSA) is 57.8 Å². The number of nitrogens with zero attached hydrogens (tertiary/aromatic N) is 1. The second kappa shape index (κ2) is 8.59. The largest absolute Gasteiger partial charge is 0.361 e. The monoisotopic (exact) mass is 409 g/mol. The highest BCUT2D eigenvalue weighted by Crippen LogP contribution is 2.30. The zero-order valence-corrected chi connectivity index (χ0v) is 16.8. The van der Waals surface area contributed by atoms with Crippen LogP contribution in [0.25, 0.3) is 21.5 Å². The maximum absolute atomic E-state index is 12.2. The fourth-order valence-electron chi connectivity index (χ4n) is 3.22. The van der Waals surface area contributed by atoms with Gasteiger partial charge in [0.1, 0.15) is 5.01 Å². The zero-order chi connectivity index (χ0) is 19.3. The van der Waals surface area contributed by atoms with Crippen molar-refractivity contribution in [2.45, 2.75) is 19.3 Å². The molecule has 0 unspecified atom stereocenters. The Morgan fingerprint density at radius 2 is 1.96 bits per heavy atom. The van der Waals surface area contributed by atoms with E-state index in [1.54, 1.807) is 0 Å². The maximum Gasteiger partial charge on any atom is 0.226 e. The lowest BCUT2D eigenvalue weighted by Gasteiger charge is -2.04. The Bertz CT molecular complexity index is 1100. The van der Waals surface area contributed by atoms with Gasteiger partial charge in [-0.3, -0.25) is 4.79 Å². The molecule has 0 radical (unpaired) electrons. The number of halogens is 1. The molecule has 0 saturated carbocycles. The molecule has 0 bridgehead atoms. The summed E-state index contributed by atoms with van der Waals surface area (Å²) in [5, 5.41) is 7.68. The van der Waals surface area contributed by atoms with E-state index in [4.69, 9.17) is 11.6 Å². The van der Waals surface area contributed by atoms with Crippen molar-refractivity contribution < 1.29 is 4.79 Å². The van der Waals surface area contributed by atoms with Crippen LogP contribution in [0, 0.1) is 0 Å². The van der Waals surface area contributed by atoms with Crippen LogP contribution in [0.3, 0.4) is 0 Å². The number of hydrogen-bond acceptors (Lipinski definition) is 3. The molecule has 2 aromatic heterocycles. The van der Waals surface area contributed by atoms with Crippen molar-refractivity contribution >= 4 is 39.7 Å². The van der Waals surface area contributed by atoms with Crippen molar-refractivity contribution in [3.63, 3.8) is 0 Å². The fourth-order valence-corrected chi connectivity index (χ4v) is 4.36. The van der Waals surface area contributed by atoms with Gasteiger partial charge in [-0.25, -0.2) is 4.98 Å². The molecule has 0 fully saturated rings. The van der Waals surface area contributed by atoms with Crippen molar-refractivity contribution in [2.24, 2.45) is 0 Å². The molecule has 142 valence electrons. The summed E-state index contributed by atoms with van der Waals surface area (Å²) in [5.41, 5.74) is 4.11. The van der Waals surface area contributed by atoms with Crippen LogP contribution in [-0.4, -0.2) is 22.4 Å². The quantitative estimate of drug-likeness (QED) is 0.410. The van der Waals surface area contributed by atoms with Gasteiger partial charge < -0.3 is 10.3 Å². The molecule has 0 aliphatic carbocycles. The normalized spacial score (nSPS) is 11.0. The van der Waals surface area contributed by atoms with E-state index in [9.17, 15) is 4.79 Å². The molecule has 0 spiro atoms. The van der Waals surface area contributed by atoms with E-state index in [-0.39, 0.29) is 12.3 Å². The van der Waals surface area contributed by atoms with Gasteiger partial charge in [0.2, 0.25) is 5.91 Å². The highest BCUT2D eigenvalue weighted by molar-refractivity contribution is 7.13. The van der Waals surface area contributed by atoms with E-state index in [0.29, 0.717) is 11.6 Å². The predicted octanol–water partition coefficient (Wildman–Crippen LogP) is 5.24. The number of thiazole rings is 1. The molecule has 4 rings (SSSR count). The van der Waals surface area contributed by atoms with Crippen molar-refractivity contribution in [3.8, 4) is 10.6 Å². The Hall–Kier alpha value is -2.63. The highest BCUT2D eigenvalue weighted by atomic mass is 35.5. The molecule has 0 atom stereocenters. The van der Waals surface area contributed by atoms with Gasteiger partial charge >= 0.3 is 0 Å². The molecule has 28 heavy (non-hydrogen) atoms. The SMILES string of the molecule is O=C(Cc1csc(-c2ccccc2Cl)n1)NCCCc1c[nH]c2ccccc12. The van der Waals surface area contributed by atoms with Gasteiger partial charge in [0.25, 0.3) is 0 Å². The average molecular weight is 410 g/mol. The number of H-pyrrole nitrogens is 1. The molecular formula is C22H20ClN3OS. The van der Waals surface area contributed by atoms with Gasteiger partial charge in [0.15, 0.2) is 0 Å². The Kier molecular flexibility index (Phi) is 5.74. The second-order valence-corrected chi connectivity index (χ2v) is 7.88. The summed E-state index contributed by atoms with van der Waals surface area (Å²) in [5.74, 6) is -0.00469. The van der Waals surface area contributed by atoms with Gasteiger partial charge in [-0.05, 0) is 30.5 Å². The Labute approximate surface area is 172 Å². The number of aryl methyl sites for hydroxylation is 1. The van der Waals surface area contributed by atoms with Crippen LogP contribution in [0.4, 0.5) is 0 Å². The number of hydrogen-bond donors (Lipinski definition) is 2. The lowest BCUT2D eigenvalue weighted by atomic mass is 10.1. The van der Waals surface area contributed by atoms with Crippen LogP contribution in [0.5, 0.6) is 0 Å². The van der Waals surface area contributed by atoms with Crippen LogP contribution in [-0.2, 0) is 17.6 Å². The maximum atomic E-state index is 12.2. The fraction of sp³-hybridized carbons (Fsp3) is 0.182. The number of aromatic nitrogens is 2. The zero-order valence-electron chi connectivity index (χ0n) is 15.2. The first-order valence-electron chi connectivity index (χ1n) is 9.22. The third kappa shape index (κ3) is 4.26. The number of nitrogens with one attached hydrogen (secondary N) is 2. The summed E-state index contributed by atoms with van der Waals surface area (Å²) in [6, 6.07) is 15.9. The molecule has 6 heteroatoms. The van der Waals surface area contributed by atoms with Crippen LogP contribution < -0.4 is 5.32 Å². The Morgan fingerprint density at radius 1 is 1.14 bits per heavy atom. The predicted molar refractivity (Wildman–Crippen MR) is 116 cm³/mol. The molecule has 2 N–H and O–H groups in total. The average Bonchev–Trinajstić information content (AvgIpc) is 3.33. The minimum Gasteiger partial charge on any atom is -0.361 e. The summed E-state index contributed by atoms with van der Waals surface area (Å²) in [6.45, 7) is 0.653. The van der Waals surface area contributed by atoms with Crippen LogP contribution >= 0.6 is 22.9 Å². The van der Waals surface area contributed by atoms with E-state index in [2.05, 4.69) is 33.6 Å². The number of fused-ring (bicyclic) bond motifs is 1. The summed E-state index contributed by atoms with van der Waals surface area (Å²) < 4.78 is 0. The van der Waals surface area contributed by atoms with Crippen LogP contribution in [0.2, 0.25) is 5.02 Å². The third-order valence-corrected chi connectivity index (χ3v) is 5.87. The molecule has 4 aromatic rings. The van der Waals surface area contributed by atoms with Crippen LogP contribution in [0.1, 0.15) is 17.7 Å². The summed E-state index contributed by atoms with van der Waals surface area (Å²) in [4.78, 5) is 20.1. The van der Waals surface area contributed by atoms with Crippen molar-refractivity contribution in [3.05, 3.63) is 76.4 Å². The molecule has 2 aromatic carbocycles. The van der Waals surface area contributed by atoms with Gasteiger partial charge in [0.05, 0.1) is 17.1 Å². The minimum absolute atomic E-state index is 0.00469. The standard InChI is InChI=1S/C22H20ClN3OS/c23-19-9-3-1-8-18(19)22-26-16(14-28-22)12-21(27)24-11-5-6-15-13-25-20-10-4-2-7-17(15)20/h1-4,7-10,13-14,25H,5-6,11-12H2,(H,24,27). The van der Waals surface area contributed by atoms with Gasteiger partial charge in [0, 0.05) is 34.6 Å². The minimum atomic E-state index is -0.00469. The molecule has 2 heterocycles. The van der Waals surface area contributed by atoms with Crippen molar-refractivity contribution in [2.75, 3.05) is 6.54 Å². The smallest absolute Gasteiger partial charge is 0.226 e. The van der Waals surface area contributed by atoms with E-state index < -0.39 is 0 Å². The number of benzene rings is 2.